The Balaban J connectivity index is 1.59. The Bertz CT molecular complexity index is 1280. The number of hydrogen-bond donors (Lipinski definition) is 2. The molecule has 1 atom stereocenters. The summed E-state index contributed by atoms with van der Waals surface area (Å²) in [6, 6.07) is 20.0. The molecular weight excluding hydrogens is 407 g/mol. The molecule has 2 N–H and O–H groups in total. The molecule has 0 bridgehead atoms. The molecule has 1 heterocycles. The molecule has 0 spiro atoms. The van der Waals surface area contributed by atoms with E-state index in [4.69, 9.17) is 0 Å². The number of aryl methyl sites for hydroxylation is 1. The summed E-state index contributed by atoms with van der Waals surface area (Å²) < 4.78 is 14.9. The van der Waals surface area contributed by atoms with Crippen molar-refractivity contribution in [2.45, 2.75) is 26.4 Å². The first-order valence-electron chi connectivity index (χ1n) is 10.3. The van der Waals surface area contributed by atoms with E-state index < -0.39 is 6.04 Å². The van der Waals surface area contributed by atoms with Crippen molar-refractivity contribution in [3.63, 3.8) is 0 Å². The van der Waals surface area contributed by atoms with Crippen molar-refractivity contribution >= 4 is 28.5 Å². The third-order valence-electron chi connectivity index (χ3n) is 5.24. The molecule has 0 fully saturated rings. The fourth-order valence-corrected chi connectivity index (χ4v) is 3.63. The number of fused-ring (bicyclic) bond motifs is 1. The second-order valence-electron chi connectivity index (χ2n) is 7.61. The summed E-state index contributed by atoms with van der Waals surface area (Å²) in [6.07, 6.45) is 0. The minimum absolute atomic E-state index is 0.00218. The number of benzene rings is 3. The van der Waals surface area contributed by atoms with Crippen molar-refractivity contribution in [2.75, 3.05) is 5.32 Å². The van der Waals surface area contributed by atoms with E-state index in [1.807, 2.05) is 56.3 Å². The highest BCUT2D eigenvalue weighted by Gasteiger charge is 2.21. The maximum Gasteiger partial charge on any atom is 0.252 e. The summed E-state index contributed by atoms with van der Waals surface area (Å²) in [5.74, 6) is -0.282. The van der Waals surface area contributed by atoms with Gasteiger partial charge in [-0.3, -0.25) is 9.59 Å². The van der Waals surface area contributed by atoms with Crippen LogP contribution in [0.25, 0.3) is 11.0 Å². The molecule has 1 aromatic heterocycles. The molecule has 162 valence electrons. The van der Waals surface area contributed by atoms with Gasteiger partial charge in [0.2, 0.25) is 5.91 Å². The van der Waals surface area contributed by atoms with Gasteiger partial charge in [0.1, 0.15) is 18.2 Å². The van der Waals surface area contributed by atoms with Crippen molar-refractivity contribution in [1.29, 1.82) is 0 Å². The zero-order valence-electron chi connectivity index (χ0n) is 17.8. The minimum Gasteiger partial charge on any atom is -0.342 e. The van der Waals surface area contributed by atoms with Crippen LogP contribution in [0.3, 0.4) is 0 Å². The number of para-hydroxylation sites is 2. The van der Waals surface area contributed by atoms with Crippen LogP contribution in [0.1, 0.15) is 34.7 Å². The molecule has 2 amide bonds. The van der Waals surface area contributed by atoms with Gasteiger partial charge in [-0.1, -0.05) is 30.3 Å². The Kier molecular flexibility index (Phi) is 5.98. The Morgan fingerprint density at radius 3 is 2.44 bits per heavy atom. The van der Waals surface area contributed by atoms with Crippen LogP contribution in [0.4, 0.5) is 10.1 Å². The largest absolute Gasteiger partial charge is 0.342 e. The molecule has 7 heteroatoms. The fraction of sp³-hybridized carbons (Fsp3) is 0.160. The maximum atomic E-state index is 13.1. The number of anilines is 1. The maximum absolute atomic E-state index is 13.1. The summed E-state index contributed by atoms with van der Waals surface area (Å²) >= 11 is 0. The molecule has 0 saturated heterocycles. The van der Waals surface area contributed by atoms with Gasteiger partial charge < -0.3 is 15.2 Å². The van der Waals surface area contributed by atoms with Crippen molar-refractivity contribution in [3.05, 3.63) is 95.6 Å². The van der Waals surface area contributed by atoms with Crippen LogP contribution in [0.2, 0.25) is 0 Å². The zero-order chi connectivity index (χ0) is 22.7. The van der Waals surface area contributed by atoms with E-state index >= 15 is 0 Å². The molecule has 4 aromatic rings. The lowest BCUT2D eigenvalue weighted by Gasteiger charge is -2.17. The summed E-state index contributed by atoms with van der Waals surface area (Å²) in [6.45, 7) is 3.72. The van der Waals surface area contributed by atoms with Gasteiger partial charge in [0.05, 0.1) is 17.1 Å². The number of carbonyl (C=O) groups is 2. The molecule has 3 aromatic carbocycles. The molecule has 32 heavy (non-hydrogen) atoms. The molecule has 4 rings (SSSR count). The van der Waals surface area contributed by atoms with Crippen molar-refractivity contribution in [1.82, 2.24) is 14.9 Å². The average Bonchev–Trinajstić information content (AvgIpc) is 3.14. The van der Waals surface area contributed by atoms with Gasteiger partial charge in [-0.2, -0.15) is 0 Å². The zero-order valence-corrected chi connectivity index (χ0v) is 17.8. The Labute approximate surface area is 185 Å². The van der Waals surface area contributed by atoms with Gasteiger partial charge in [0.25, 0.3) is 5.91 Å². The van der Waals surface area contributed by atoms with Crippen LogP contribution in [-0.4, -0.2) is 21.4 Å². The van der Waals surface area contributed by atoms with Crippen LogP contribution >= 0.6 is 0 Å². The Morgan fingerprint density at radius 2 is 1.69 bits per heavy atom. The van der Waals surface area contributed by atoms with Gasteiger partial charge in [-0.05, 0) is 61.9 Å². The van der Waals surface area contributed by atoms with Crippen molar-refractivity contribution in [2.24, 2.45) is 0 Å². The van der Waals surface area contributed by atoms with E-state index in [0.717, 1.165) is 16.6 Å². The smallest absolute Gasteiger partial charge is 0.252 e. The van der Waals surface area contributed by atoms with Crippen LogP contribution in [0.15, 0.2) is 72.8 Å². The van der Waals surface area contributed by atoms with E-state index in [1.54, 1.807) is 10.6 Å². The van der Waals surface area contributed by atoms with Crippen LogP contribution in [-0.2, 0) is 11.3 Å². The average molecular weight is 430 g/mol. The number of hydrogen-bond acceptors (Lipinski definition) is 3. The number of carbonyl (C=O) groups excluding carboxylic acids is 2. The van der Waals surface area contributed by atoms with Crippen LogP contribution < -0.4 is 10.6 Å². The molecule has 0 aliphatic rings. The highest BCUT2D eigenvalue weighted by molar-refractivity contribution is 5.96. The molecule has 0 saturated carbocycles. The fourth-order valence-electron chi connectivity index (χ4n) is 3.63. The first-order chi connectivity index (χ1) is 15.4. The Hall–Kier alpha value is -4.00. The predicted octanol–water partition coefficient (Wildman–Crippen LogP) is 4.61. The first kappa shape index (κ1) is 21.2. The van der Waals surface area contributed by atoms with Crippen LogP contribution in [0.5, 0.6) is 0 Å². The second kappa shape index (κ2) is 9.01. The lowest BCUT2D eigenvalue weighted by atomic mass is 10.1. The Morgan fingerprint density at radius 1 is 1.00 bits per heavy atom. The van der Waals surface area contributed by atoms with Gasteiger partial charge >= 0.3 is 0 Å². The summed E-state index contributed by atoms with van der Waals surface area (Å²) in [5.41, 5.74) is 3.49. The number of halogens is 1. The molecule has 6 nitrogen and oxygen atoms in total. The third kappa shape index (κ3) is 4.51. The highest BCUT2D eigenvalue weighted by Crippen LogP contribution is 2.22. The van der Waals surface area contributed by atoms with E-state index in [9.17, 15) is 14.0 Å². The predicted molar refractivity (Wildman–Crippen MR) is 122 cm³/mol. The normalized spacial score (nSPS) is 11.8. The van der Waals surface area contributed by atoms with E-state index in [0.29, 0.717) is 17.1 Å². The van der Waals surface area contributed by atoms with E-state index in [1.165, 1.54) is 24.3 Å². The lowest BCUT2D eigenvalue weighted by Crippen LogP contribution is -2.30. The third-order valence-corrected chi connectivity index (χ3v) is 5.24. The first-order valence-corrected chi connectivity index (χ1v) is 10.3. The number of rotatable bonds is 6. The van der Waals surface area contributed by atoms with Crippen molar-refractivity contribution in [3.8, 4) is 0 Å². The topological polar surface area (TPSA) is 76.0 Å². The number of aromatic nitrogens is 2. The summed E-state index contributed by atoms with van der Waals surface area (Å²) in [5, 5.41) is 5.76. The van der Waals surface area contributed by atoms with Gasteiger partial charge in [0, 0.05) is 11.3 Å². The van der Waals surface area contributed by atoms with Gasteiger partial charge in [-0.15, -0.1) is 0 Å². The molecular formula is C25H23FN4O2. The summed E-state index contributed by atoms with van der Waals surface area (Å²) in [4.78, 5) is 30.2. The van der Waals surface area contributed by atoms with Gasteiger partial charge in [-0.25, -0.2) is 9.37 Å². The van der Waals surface area contributed by atoms with Gasteiger partial charge in [0.15, 0.2) is 0 Å². The number of imidazole rings is 1. The van der Waals surface area contributed by atoms with Crippen LogP contribution in [0, 0.1) is 12.7 Å². The second-order valence-corrected chi connectivity index (χ2v) is 7.61. The molecule has 0 radical (unpaired) electrons. The van der Waals surface area contributed by atoms with Crippen molar-refractivity contribution < 1.29 is 14.0 Å². The SMILES string of the molecule is Cc1ccccc1C(=O)NC(C)c1nc2ccccc2n1CC(=O)Nc1ccc(F)cc1. The minimum atomic E-state index is -0.437. The standard InChI is InChI=1S/C25H23FN4O2/c1-16-7-3-4-8-20(16)25(32)27-17(2)24-29-21-9-5-6-10-22(21)30(24)15-23(31)28-19-13-11-18(26)12-14-19/h3-14,17H,15H2,1-2H3,(H,27,32)(H,28,31). The number of amides is 2. The number of nitrogens with one attached hydrogen (secondary N) is 2. The quantitative estimate of drug-likeness (QED) is 0.469. The molecule has 1 unspecified atom stereocenters. The van der Waals surface area contributed by atoms with E-state index in [-0.39, 0.29) is 24.2 Å². The molecule has 0 aliphatic carbocycles. The highest BCUT2D eigenvalue weighted by atomic mass is 19.1. The monoisotopic (exact) mass is 430 g/mol. The lowest BCUT2D eigenvalue weighted by molar-refractivity contribution is -0.116. The summed E-state index contributed by atoms with van der Waals surface area (Å²) in [7, 11) is 0. The number of nitrogens with zero attached hydrogens (tertiary/aromatic N) is 2. The van der Waals surface area contributed by atoms with E-state index in [2.05, 4.69) is 15.6 Å². The molecule has 0 aliphatic heterocycles.